The lowest BCUT2D eigenvalue weighted by atomic mass is 9.92. The lowest BCUT2D eigenvalue weighted by Gasteiger charge is -2.27. The number of rotatable bonds is 9. The second kappa shape index (κ2) is 12.0. The van der Waals surface area contributed by atoms with Crippen LogP contribution in [0.25, 0.3) is 0 Å². The molecule has 1 aliphatic rings. The Morgan fingerprint density at radius 3 is 2.28 bits per heavy atom. The van der Waals surface area contributed by atoms with Gasteiger partial charge in [-0.25, -0.2) is 0 Å². The number of hydrogen-bond donors (Lipinski definition) is 3. The van der Waals surface area contributed by atoms with Gasteiger partial charge in [0.15, 0.2) is 5.78 Å². The van der Waals surface area contributed by atoms with Crippen LogP contribution in [0, 0.1) is 6.92 Å². The van der Waals surface area contributed by atoms with Gasteiger partial charge in [0.1, 0.15) is 34.7 Å². The van der Waals surface area contributed by atoms with Crippen LogP contribution in [0.5, 0.6) is 23.0 Å². The average Bonchev–Trinajstić information content (AvgIpc) is 2.79. The molecule has 2 aromatic carbocycles. The number of benzene rings is 2. The van der Waals surface area contributed by atoms with Gasteiger partial charge in [0, 0.05) is 11.6 Å². The molecule has 0 saturated heterocycles. The van der Waals surface area contributed by atoms with Crippen LogP contribution in [0.3, 0.4) is 0 Å². The van der Waals surface area contributed by atoms with Crippen molar-refractivity contribution in [2.45, 2.75) is 79.2 Å². The maximum Gasteiger partial charge on any atom is 0.174 e. The number of aromatic hydroxyl groups is 3. The summed E-state index contributed by atoms with van der Waals surface area (Å²) in [6.07, 6.45) is 10.2. The normalized spacial score (nSPS) is 15.9. The molecule has 1 atom stereocenters. The second-order valence-electron chi connectivity index (χ2n) is 10.0. The Morgan fingerprint density at radius 1 is 0.944 bits per heavy atom. The molecule has 3 N–H and O–H groups in total. The highest BCUT2D eigenvalue weighted by molar-refractivity contribution is 6.03. The van der Waals surface area contributed by atoms with E-state index in [9.17, 15) is 20.1 Å². The van der Waals surface area contributed by atoms with Crippen molar-refractivity contribution in [2.24, 2.45) is 0 Å². The Morgan fingerprint density at radius 2 is 1.61 bits per heavy atom. The van der Waals surface area contributed by atoms with Crippen molar-refractivity contribution in [3.05, 3.63) is 81.5 Å². The zero-order valence-electron chi connectivity index (χ0n) is 22.0. The van der Waals surface area contributed by atoms with Gasteiger partial charge in [-0.2, -0.15) is 0 Å². The van der Waals surface area contributed by atoms with E-state index in [0.29, 0.717) is 17.5 Å². The number of hydrogen-bond acceptors (Lipinski definition) is 5. The van der Waals surface area contributed by atoms with E-state index in [0.717, 1.165) is 36.8 Å². The van der Waals surface area contributed by atoms with E-state index in [1.807, 2.05) is 13.0 Å². The summed E-state index contributed by atoms with van der Waals surface area (Å²) >= 11 is 0. The largest absolute Gasteiger partial charge is 0.508 e. The van der Waals surface area contributed by atoms with Gasteiger partial charge >= 0.3 is 0 Å². The fourth-order valence-corrected chi connectivity index (χ4v) is 4.33. The smallest absolute Gasteiger partial charge is 0.174 e. The van der Waals surface area contributed by atoms with Crippen molar-refractivity contribution < 1.29 is 24.9 Å². The molecule has 1 heterocycles. The standard InChI is InChI=1S/C31H38O5/c1-19(2)8-6-9-20(3)10-7-11-21(4)12-15-24-26(33)17-29-30(31(24)35)27(34)18-28(36-29)23-14-13-22(5)25(32)16-23/h8,10,12-14,16-17,28,32-33,35H,6-7,9,11,15,18H2,1-5H3/b20-10+,21-12+/t28-/m0/s1. The maximum absolute atomic E-state index is 13.0. The first-order valence-electron chi connectivity index (χ1n) is 12.6. The highest BCUT2D eigenvalue weighted by atomic mass is 16.5. The lowest BCUT2D eigenvalue weighted by molar-refractivity contribution is 0.0844. The molecule has 0 fully saturated rings. The minimum atomic E-state index is -0.596. The molecule has 0 aromatic heterocycles. The third-order valence-electron chi connectivity index (χ3n) is 6.65. The van der Waals surface area contributed by atoms with Crippen LogP contribution >= 0.6 is 0 Å². The summed E-state index contributed by atoms with van der Waals surface area (Å²) in [5, 5.41) is 31.5. The Hall–Kier alpha value is -3.47. The Kier molecular flexibility index (Phi) is 9.03. The maximum atomic E-state index is 13.0. The third-order valence-corrected chi connectivity index (χ3v) is 6.65. The summed E-state index contributed by atoms with van der Waals surface area (Å²) in [6.45, 7) is 10.2. The van der Waals surface area contributed by atoms with Gasteiger partial charge in [-0.05, 0) is 83.9 Å². The van der Waals surface area contributed by atoms with Crippen molar-refractivity contribution in [3.63, 3.8) is 0 Å². The van der Waals surface area contributed by atoms with Crippen LogP contribution in [0.4, 0.5) is 0 Å². The first-order valence-corrected chi connectivity index (χ1v) is 12.6. The molecule has 0 saturated carbocycles. The summed E-state index contributed by atoms with van der Waals surface area (Å²) in [5.41, 5.74) is 5.70. The molecule has 0 amide bonds. The van der Waals surface area contributed by atoms with Crippen molar-refractivity contribution >= 4 is 5.78 Å². The summed E-state index contributed by atoms with van der Waals surface area (Å²) in [7, 11) is 0. The number of phenolic OH excluding ortho intramolecular Hbond substituents is 3. The highest BCUT2D eigenvalue weighted by Crippen LogP contribution is 2.45. The van der Waals surface area contributed by atoms with E-state index in [1.54, 1.807) is 25.1 Å². The average molecular weight is 491 g/mol. The number of carbonyl (C=O) groups excluding carboxylic acids is 1. The van der Waals surface area contributed by atoms with Crippen LogP contribution in [-0.4, -0.2) is 21.1 Å². The first kappa shape index (κ1) is 27.1. The number of phenols is 3. The predicted molar refractivity (Wildman–Crippen MR) is 144 cm³/mol. The number of Topliss-reactive ketones (excluding diaryl/α,β-unsaturated/α-hetero) is 1. The third kappa shape index (κ3) is 6.81. The monoisotopic (exact) mass is 490 g/mol. The van der Waals surface area contributed by atoms with Crippen molar-refractivity contribution in [2.75, 3.05) is 0 Å². The summed E-state index contributed by atoms with van der Waals surface area (Å²) in [5.74, 6) is -0.296. The Bertz CT molecular complexity index is 1210. The van der Waals surface area contributed by atoms with Gasteiger partial charge in [-0.3, -0.25) is 4.79 Å². The van der Waals surface area contributed by atoms with Crippen molar-refractivity contribution in [1.29, 1.82) is 0 Å². The van der Waals surface area contributed by atoms with E-state index in [4.69, 9.17) is 4.74 Å². The number of allylic oxidation sites excluding steroid dienone is 6. The van der Waals surface area contributed by atoms with Crippen LogP contribution < -0.4 is 4.74 Å². The van der Waals surface area contributed by atoms with Gasteiger partial charge < -0.3 is 20.1 Å². The molecular formula is C31H38O5. The van der Waals surface area contributed by atoms with E-state index >= 15 is 0 Å². The lowest BCUT2D eigenvalue weighted by Crippen LogP contribution is -2.21. The zero-order valence-corrected chi connectivity index (χ0v) is 22.0. The van der Waals surface area contributed by atoms with E-state index in [1.165, 1.54) is 17.2 Å². The predicted octanol–water partition coefficient (Wildman–Crippen LogP) is 7.78. The minimum Gasteiger partial charge on any atom is -0.508 e. The molecular weight excluding hydrogens is 452 g/mol. The molecule has 2 aromatic rings. The molecule has 0 radical (unpaired) electrons. The van der Waals surface area contributed by atoms with Gasteiger partial charge in [0.2, 0.25) is 0 Å². The number of aryl methyl sites for hydroxylation is 1. The van der Waals surface area contributed by atoms with Crippen LogP contribution in [-0.2, 0) is 6.42 Å². The minimum absolute atomic E-state index is 0.0431. The highest BCUT2D eigenvalue weighted by Gasteiger charge is 2.32. The molecule has 0 aliphatic carbocycles. The zero-order chi connectivity index (χ0) is 26.4. The molecule has 3 rings (SSSR count). The molecule has 0 spiro atoms. The fourth-order valence-electron chi connectivity index (χ4n) is 4.33. The number of fused-ring (bicyclic) bond motifs is 1. The summed E-state index contributed by atoms with van der Waals surface area (Å²) in [4.78, 5) is 13.0. The van der Waals surface area contributed by atoms with Gasteiger partial charge in [0.05, 0.1) is 6.42 Å². The second-order valence-corrected chi connectivity index (χ2v) is 10.0. The molecule has 0 unspecified atom stereocenters. The topological polar surface area (TPSA) is 87.0 Å². The molecule has 5 heteroatoms. The van der Waals surface area contributed by atoms with Crippen LogP contribution in [0.15, 0.2) is 59.2 Å². The van der Waals surface area contributed by atoms with E-state index in [-0.39, 0.29) is 40.8 Å². The number of carbonyl (C=O) groups is 1. The van der Waals surface area contributed by atoms with Crippen molar-refractivity contribution in [3.8, 4) is 23.0 Å². The van der Waals surface area contributed by atoms with E-state index < -0.39 is 6.10 Å². The van der Waals surface area contributed by atoms with Gasteiger partial charge in [-0.1, -0.05) is 47.1 Å². The Balaban J connectivity index is 1.69. The SMILES string of the molecule is CC(C)=CCC/C(C)=C/CC/C(C)=C/Cc1c(O)cc2c(c1O)C(=O)C[C@@H](c1ccc(C)c(O)c1)O2. The summed E-state index contributed by atoms with van der Waals surface area (Å²) < 4.78 is 5.96. The molecule has 1 aliphatic heterocycles. The molecule has 192 valence electrons. The van der Waals surface area contributed by atoms with Crippen molar-refractivity contribution in [1.82, 2.24) is 0 Å². The molecule has 0 bridgehead atoms. The molecule has 5 nitrogen and oxygen atoms in total. The number of ketones is 1. The fraction of sp³-hybridized carbons (Fsp3) is 0.387. The quantitative estimate of drug-likeness (QED) is 0.312. The van der Waals surface area contributed by atoms with E-state index in [2.05, 4.69) is 32.9 Å². The first-order chi connectivity index (χ1) is 17.1. The van der Waals surface area contributed by atoms with Gasteiger partial charge in [-0.15, -0.1) is 0 Å². The van der Waals surface area contributed by atoms with Crippen LogP contribution in [0.1, 0.15) is 93.0 Å². The number of ether oxygens (including phenoxy) is 1. The Labute approximate surface area is 214 Å². The molecule has 36 heavy (non-hydrogen) atoms. The summed E-state index contributed by atoms with van der Waals surface area (Å²) in [6, 6.07) is 6.56. The van der Waals surface area contributed by atoms with Crippen LogP contribution in [0.2, 0.25) is 0 Å². The van der Waals surface area contributed by atoms with Gasteiger partial charge in [0.25, 0.3) is 0 Å².